The highest BCUT2D eigenvalue weighted by Gasteiger charge is 2.29. The maximum Gasteiger partial charge on any atom is -0.0406 e. The van der Waals surface area contributed by atoms with Gasteiger partial charge in [0, 0.05) is 0 Å². The third-order valence-electron chi connectivity index (χ3n) is 12.9. The maximum atomic E-state index is 2.46. The molecule has 0 bridgehead atoms. The van der Waals surface area contributed by atoms with Crippen molar-refractivity contribution in [2.75, 3.05) is 0 Å². The van der Waals surface area contributed by atoms with E-state index in [-0.39, 0.29) is 0 Å². The van der Waals surface area contributed by atoms with Crippen molar-refractivity contribution in [2.45, 2.75) is 218 Å². The molecule has 0 atom stereocenters. The summed E-state index contributed by atoms with van der Waals surface area (Å²) in [4.78, 5) is 0. The van der Waals surface area contributed by atoms with Gasteiger partial charge >= 0.3 is 0 Å². The van der Waals surface area contributed by atoms with E-state index in [4.69, 9.17) is 0 Å². The molecule has 0 heterocycles. The molecule has 0 aliphatic rings. The van der Waals surface area contributed by atoms with Crippen molar-refractivity contribution in [1.82, 2.24) is 0 Å². The molecule has 0 aromatic rings. The average molecular weight is 605 g/mol. The Hall–Kier alpha value is 0. The van der Waals surface area contributed by atoms with Crippen molar-refractivity contribution >= 4 is 0 Å². The van der Waals surface area contributed by atoms with Gasteiger partial charge in [-0.05, 0) is 117 Å². The van der Waals surface area contributed by atoms with E-state index in [0.29, 0.717) is 0 Å². The molecule has 0 N–H and O–H groups in total. The minimum atomic E-state index is 0.926. The van der Waals surface area contributed by atoms with Crippen LogP contribution in [0, 0.1) is 59.2 Å². The molecule has 0 spiro atoms. The van der Waals surface area contributed by atoms with Gasteiger partial charge in [-0.15, -0.1) is 0 Å². The molecule has 0 nitrogen and oxygen atoms in total. The first-order valence-corrected chi connectivity index (χ1v) is 20.7. The molecular weight excluding hydrogens is 516 g/mol. The summed E-state index contributed by atoms with van der Waals surface area (Å²) in [5.41, 5.74) is 0. The molecular formula is C43H88. The summed E-state index contributed by atoms with van der Waals surface area (Å²) in [5.74, 6) is 9.28. The van der Waals surface area contributed by atoms with Crippen molar-refractivity contribution < 1.29 is 0 Å². The lowest BCUT2D eigenvalue weighted by molar-refractivity contribution is 0.159. The van der Waals surface area contributed by atoms with Gasteiger partial charge in [0.2, 0.25) is 0 Å². The molecule has 0 aromatic carbocycles. The van der Waals surface area contributed by atoms with Crippen LogP contribution in [0.1, 0.15) is 218 Å². The molecule has 0 aromatic heterocycles. The Labute approximate surface area is 276 Å². The molecule has 0 radical (unpaired) electrons. The number of hydrogen-bond donors (Lipinski definition) is 0. The summed E-state index contributed by atoms with van der Waals surface area (Å²) in [5, 5.41) is 0. The third kappa shape index (κ3) is 18.7. The van der Waals surface area contributed by atoms with Crippen molar-refractivity contribution in [3.05, 3.63) is 0 Å². The van der Waals surface area contributed by atoms with E-state index in [9.17, 15) is 0 Å². The van der Waals surface area contributed by atoms with E-state index < -0.39 is 0 Å². The zero-order valence-electron chi connectivity index (χ0n) is 32.6. The van der Waals surface area contributed by atoms with Crippen LogP contribution in [0.4, 0.5) is 0 Å². The Morgan fingerprint density at radius 3 is 0.349 bits per heavy atom. The molecule has 43 heavy (non-hydrogen) atoms. The summed E-state index contributed by atoms with van der Waals surface area (Å²) in [6.07, 6.45) is 30.0. The fourth-order valence-corrected chi connectivity index (χ4v) is 9.13. The van der Waals surface area contributed by atoms with E-state index >= 15 is 0 Å². The van der Waals surface area contributed by atoms with E-state index in [1.165, 1.54) is 135 Å². The first kappa shape index (κ1) is 43.0. The topological polar surface area (TPSA) is 0 Å². The van der Waals surface area contributed by atoms with Crippen molar-refractivity contribution in [3.63, 3.8) is 0 Å². The van der Waals surface area contributed by atoms with Crippen molar-refractivity contribution in [1.29, 1.82) is 0 Å². The Balaban J connectivity index is 6.51. The van der Waals surface area contributed by atoms with Crippen LogP contribution in [0.5, 0.6) is 0 Å². The van der Waals surface area contributed by atoms with E-state index in [1.54, 1.807) is 0 Å². The molecule has 0 saturated heterocycles. The fourth-order valence-electron chi connectivity index (χ4n) is 9.13. The Morgan fingerprint density at radius 1 is 0.163 bits per heavy atom. The van der Waals surface area contributed by atoms with Gasteiger partial charge in [0.25, 0.3) is 0 Å². The first-order valence-electron chi connectivity index (χ1n) is 20.7. The summed E-state index contributed by atoms with van der Waals surface area (Å²) in [6.45, 7) is 29.5. The predicted octanol–water partition coefficient (Wildman–Crippen LogP) is 15.6. The lowest BCUT2D eigenvalue weighted by atomic mass is 9.70. The predicted molar refractivity (Wildman–Crippen MR) is 200 cm³/mol. The van der Waals surface area contributed by atoms with Crippen LogP contribution >= 0.6 is 0 Å². The van der Waals surface area contributed by atoms with E-state index in [2.05, 4.69) is 83.1 Å². The number of hydrogen-bond acceptors (Lipinski definition) is 0. The van der Waals surface area contributed by atoms with Crippen LogP contribution < -0.4 is 0 Å². The highest BCUT2D eigenvalue weighted by atomic mass is 14.3. The summed E-state index contributed by atoms with van der Waals surface area (Å²) < 4.78 is 0. The van der Waals surface area contributed by atoms with Gasteiger partial charge < -0.3 is 0 Å². The smallest absolute Gasteiger partial charge is 0.0406 e. The van der Waals surface area contributed by atoms with Gasteiger partial charge in [0.15, 0.2) is 0 Å². The lowest BCUT2D eigenvalue weighted by Crippen LogP contribution is -2.24. The van der Waals surface area contributed by atoms with Gasteiger partial charge in [-0.1, -0.05) is 160 Å². The Bertz CT molecular complexity index is 432. The average Bonchev–Trinajstić information content (AvgIpc) is 3.03. The first-order chi connectivity index (χ1) is 20.7. The van der Waals surface area contributed by atoms with Crippen molar-refractivity contribution in [3.8, 4) is 0 Å². The van der Waals surface area contributed by atoms with Crippen LogP contribution in [0.15, 0.2) is 0 Å². The highest BCUT2D eigenvalue weighted by molar-refractivity contribution is 4.81. The van der Waals surface area contributed by atoms with E-state index in [0.717, 1.165) is 59.2 Å². The second-order valence-electron chi connectivity index (χ2n) is 15.7. The van der Waals surface area contributed by atoms with Gasteiger partial charge in [-0.3, -0.25) is 0 Å². The largest absolute Gasteiger partial charge is 0.0651 e. The molecule has 0 aliphatic heterocycles. The molecule has 0 amide bonds. The minimum Gasteiger partial charge on any atom is -0.0651 e. The fraction of sp³-hybridized carbons (Fsp3) is 1.00. The van der Waals surface area contributed by atoms with Crippen LogP contribution in [0.2, 0.25) is 0 Å². The summed E-state index contributed by atoms with van der Waals surface area (Å²) in [7, 11) is 0. The SMILES string of the molecule is CCC(CC)CC(CC(CC)CC)CC(CC(CC(CC)CC)CC(CC)CC)CC(CC(CC)CC)CC(CC)CC. The van der Waals surface area contributed by atoms with Crippen LogP contribution in [-0.4, -0.2) is 0 Å². The second kappa shape index (κ2) is 27.1. The minimum absolute atomic E-state index is 0.926. The zero-order valence-corrected chi connectivity index (χ0v) is 32.6. The lowest BCUT2D eigenvalue weighted by Gasteiger charge is -2.36. The Kier molecular flexibility index (Phi) is 27.1. The zero-order chi connectivity index (χ0) is 32.6. The van der Waals surface area contributed by atoms with Crippen molar-refractivity contribution in [2.24, 2.45) is 59.2 Å². The monoisotopic (exact) mass is 605 g/mol. The maximum absolute atomic E-state index is 2.46. The van der Waals surface area contributed by atoms with Gasteiger partial charge in [-0.2, -0.15) is 0 Å². The Morgan fingerprint density at radius 2 is 0.256 bits per heavy atom. The van der Waals surface area contributed by atoms with Gasteiger partial charge in [0.05, 0.1) is 0 Å². The molecule has 0 rings (SSSR count). The van der Waals surface area contributed by atoms with Gasteiger partial charge in [0.1, 0.15) is 0 Å². The quantitative estimate of drug-likeness (QED) is 0.0765. The molecule has 260 valence electrons. The summed E-state index contributed by atoms with van der Waals surface area (Å²) in [6, 6.07) is 0. The molecule has 0 saturated carbocycles. The summed E-state index contributed by atoms with van der Waals surface area (Å²) >= 11 is 0. The van der Waals surface area contributed by atoms with Gasteiger partial charge in [-0.25, -0.2) is 0 Å². The highest BCUT2D eigenvalue weighted by Crippen LogP contribution is 2.41. The molecule has 0 heteroatoms. The third-order valence-corrected chi connectivity index (χ3v) is 12.9. The molecule has 0 fully saturated rings. The van der Waals surface area contributed by atoms with E-state index in [1.807, 2.05) is 0 Å². The molecule has 0 unspecified atom stereocenters. The van der Waals surface area contributed by atoms with Crippen LogP contribution in [0.3, 0.4) is 0 Å². The second-order valence-corrected chi connectivity index (χ2v) is 15.7. The number of rotatable bonds is 30. The molecule has 0 aliphatic carbocycles. The van der Waals surface area contributed by atoms with Crippen LogP contribution in [-0.2, 0) is 0 Å². The van der Waals surface area contributed by atoms with Crippen LogP contribution in [0.25, 0.3) is 0 Å². The standard InChI is InChI=1S/C43H88/c1-13-34(14-2)25-40(26-35(15-3)16-4)31-43(32-41(27-36(17-5)18-6)28-37(19-7)20-8)33-42(29-38(21-9)22-10)30-39(23-11)24-12/h34-43H,13-33H2,1-12H3. The normalized spacial score (nSPS) is 13.0.